The monoisotopic (exact) mass is 486 g/mol. The van der Waals surface area contributed by atoms with Crippen LogP contribution in [0.3, 0.4) is 0 Å². The van der Waals surface area contributed by atoms with E-state index in [4.69, 9.17) is 5.21 Å². The van der Waals surface area contributed by atoms with Crippen molar-refractivity contribution < 1.29 is 10.0 Å². The summed E-state index contributed by atoms with van der Waals surface area (Å²) in [4.78, 5) is 13.6. The first-order chi connectivity index (χ1) is 16.8. The fraction of sp³-hybridized carbons (Fsp3) is 0.519. The molecule has 1 aliphatic heterocycles. The van der Waals surface area contributed by atoms with Gasteiger partial charge in [0.05, 0.1) is 0 Å². The van der Waals surface area contributed by atoms with Crippen LogP contribution in [-0.4, -0.2) is 30.7 Å². The van der Waals surface area contributed by atoms with Crippen LogP contribution in [-0.2, 0) is 11.3 Å². The third-order valence-corrected chi connectivity index (χ3v) is 6.98. The normalized spacial score (nSPS) is 13.4. The largest absolute Gasteiger partial charge is 0.372 e. The molecule has 1 unspecified atom stereocenters. The summed E-state index contributed by atoms with van der Waals surface area (Å²) >= 11 is 0. The Balaban J connectivity index is 0.00000199. The lowest BCUT2D eigenvalue weighted by Gasteiger charge is -2.30. The van der Waals surface area contributed by atoms with Crippen LogP contribution in [0.25, 0.3) is 0 Å². The topological polar surface area (TPSA) is 67.8 Å². The van der Waals surface area contributed by atoms with Gasteiger partial charge < -0.3 is 9.57 Å². The van der Waals surface area contributed by atoms with E-state index in [0.717, 1.165) is 51.9 Å². The standard InChI is InChI=1S/C25H37N4O2P.C2H6/c30-25(27-31)13-7-1-2-10-20-29(32-26-21-22-11-5-3-6-12-22)24-16-14-23(15-17-24)28-18-8-4-9-19-28;1-2/h3,5-6,11-12,14-17,26,31-32H,1-2,4,7-10,13,18-21H2,(H,27,30);1-2H3. The SMILES string of the molecule is CC.O=C(CCCCCCN(PNCc1ccccc1)c1ccc(N2CCCCC2)cc1)NO. The second-order valence-electron chi connectivity index (χ2n) is 8.37. The highest BCUT2D eigenvalue weighted by atomic mass is 31.1. The van der Waals surface area contributed by atoms with Gasteiger partial charge in [-0.1, -0.05) is 57.0 Å². The van der Waals surface area contributed by atoms with Gasteiger partial charge >= 0.3 is 0 Å². The summed E-state index contributed by atoms with van der Waals surface area (Å²) in [7, 11) is 0.510. The van der Waals surface area contributed by atoms with Gasteiger partial charge in [0, 0.05) is 52.9 Å². The van der Waals surface area contributed by atoms with Crippen LogP contribution in [0, 0.1) is 0 Å². The zero-order chi connectivity index (χ0) is 24.4. The number of carbonyl (C=O) groups excluding carboxylic acids is 1. The number of carbonyl (C=O) groups is 1. The summed E-state index contributed by atoms with van der Waals surface area (Å²) in [6.07, 6.45) is 8.27. The quantitative estimate of drug-likeness (QED) is 0.135. The summed E-state index contributed by atoms with van der Waals surface area (Å²) in [6.45, 7) is 8.17. The number of hydrogen-bond acceptors (Lipinski definition) is 5. The Kier molecular flexibility index (Phi) is 14.3. The molecular weight excluding hydrogens is 443 g/mol. The number of rotatable bonds is 13. The van der Waals surface area contributed by atoms with Gasteiger partial charge in [0.25, 0.3) is 0 Å². The molecule has 0 spiro atoms. The zero-order valence-corrected chi connectivity index (χ0v) is 21.9. The maximum absolute atomic E-state index is 11.1. The van der Waals surface area contributed by atoms with Crippen LogP contribution in [0.4, 0.5) is 11.4 Å². The number of hydroxylamine groups is 1. The third-order valence-electron chi connectivity index (χ3n) is 5.89. The molecule has 1 amide bonds. The molecular formula is C27H43N4O2P. The molecule has 0 saturated carbocycles. The number of piperidine rings is 1. The molecule has 3 N–H and O–H groups in total. The van der Waals surface area contributed by atoms with Crippen molar-refractivity contribution in [1.82, 2.24) is 10.6 Å². The Bertz CT molecular complexity index is 783. The van der Waals surface area contributed by atoms with E-state index in [1.807, 2.05) is 19.9 Å². The van der Waals surface area contributed by atoms with E-state index in [1.165, 1.54) is 36.2 Å². The summed E-state index contributed by atoms with van der Waals surface area (Å²) < 4.78 is 2.43. The zero-order valence-electron chi connectivity index (χ0n) is 20.9. The van der Waals surface area contributed by atoms with Crippen LogP contribution in [0.2, 0.25) is 0 Å². The first kappa shape index (κ1) is 28.1. The summed E-state index contributed by atoms with van der Waals surface area (Å²) in [6, 6.07) is 19.6. The molecule has 7 heteroatoms. The Hall–Kier alpha value is -2.14. The highest BCUT2D eigenvalue weighted by Crippen LogP contribution is 2.29. The molecule has 3 rings (SSSR count). The van der Waals surface area contributed by atoms with Crippen LogP contribution in [0.15, 0.2) is 54.6 Å². The lowest BCUT2D eigenvalue weighted by Crippen LogP contribution is -2.29. The molecule has 6 nitrogen and oxygen atoms in total. The molecule has 0 bridgehead atoms. The van der Waals surface area contributed by atoms with E-state index in [0.29, 0.717) is 15.3 Å². The van der Waals surface area contributed by atoms with Crippen molar-refractivity contribution in [1.29, 1.82) is 0 Å². The molecule has 34 heavy (non-hydrogen) atoms. The average Bonchev–Trinajstić information content (AvgIpc) is 2.91. The molecule has 0 aliphatic carbocycles. The second-order valence-corrected chi connectivity index (χ2v) is 9.48. The van der Waals surface area contributed by atoms with Gasteiger partial charge in [0.15, 0.2) is 0 Å². The van der Waals surface area contributed by atoms with Crippen molar-refractivity contribution in [2.24, 2.45) is 0 Å². The smallest absolute Gasteiger partial charge is 0.243 e. The fourth-order valence-electron chi connectivity index (χ4n) is 4.04. The molecule has 2 aromatic rings. The number of anilines is 2. The van der Waals surface area contributed by atoms with Gasteiger partial charge in [-0.15, -0.1) is 0 Å². The minimum absolute atomic E-state index is 0.299. The van der Waals surface area contributed by atoms with Crippen molar-refractivity contribution in [3.05, 3.63) is 60.2 Å². The Morgan fingerprint density at radius 2 is 1.62 bits per heavy atom. The van der Waals surface area contributed by atoms with Crippen LogP contribution >= 0.6 is 8.88 Å². The molecule has 2 aromatic carbocycles. The molecule has 1 aliphatic rings. The van der Waals surface area contributed by atoms with Gasteiger partial charge in [-0.2, -0.15) is 0 Å². The highest BCUT2D eigenvalue weighted by molar-refractivity contribution is 7.37. The van der Waals surface area contributed by atoms with Crippen LogP contribution < -0.4 is 20.1 Å². The Labute approximate surface area is 208 Å². The van der Waals surface area contributed by atoms with E-state index in [1.54, 1.807) is 5.48 Å². The van der Waals surface area contributed by atoms with E-state index < -0.39 is 0 Å². The molecule has 1 atom stereocenters. The minimum atomic E-state index is -0.299. The lowest BCUT2D eigenvalue weighted by molar-refractivity contribution is -0.129. The van der Waals surface area contributed by atoms with E-state index >= 15 is 0 Å². The van der Waals surface area contributed by atoms with Crippen molar-refractivity contribution in [2.75, 3.05) is 29.2 Å². The van der Waals surface area contributed by atoms with Crippen LogP contribution in [0.5, 0.6) is 0 Å². The molecule has 1 saturated heterocycles. The average molecular weight is 487 g/mol. The van der Waals surface area contributed by atoms with Gasteiger partial charge in [-0.3, -0.25) is 15.1 Å². The van der Waals surface area contributed by atoms with E-state index in [9.17, 15) is 4.79 Å². The first-order valence-electron chi connectivity index (χ1n) is 12.8. The van der Waals surface area contributed by atoms with Gasteiger partial charge in [-0.05, 0) is 61.9 Å². The number of benzene rings is 2. The maximum atomic E-state index is 11.1. The summed E-state index contributed by atoms with van der Waals surface area (Å²) in [5, 5.41) is 12.2. The Morgan fingerprint density at radius 1 is 0.941 bits per heavy atom. The van der Waals surface area contributed by atoms with E-state index in [2.05, 4.69) is 63.2 Å². The van der Waals surface area contributed by atoms with Crippen molar-refractivity contribution in [3.63, 3.8) is 0 Å². The molecule has 188 valence electrons. The number of unbranched alkanes of at least 4 members (excludes halogenated alkanes) is 3. The lowest BCUT2D eigenvalue weighted by atomic mass is 10.1. The maximum Gasteiger partial charge on any atom is 0.243 e. The first-order valence-corrected chi connectivity index (χ1v) is 13.8. The highest BCUT2D eigenvalue weighted by Gasteiger charge is 2.12. The molecule has 1 heterocycles. The second kappa shape index (κ2) is 17.3. The van der Waals surface area contributed by atoms with Crippen LogP contribution in [0.1, 0.15) is 70.8 Å². The van der Waals surface area contributed by atoms with Gasteiger partial charge in [0.2, 0.25) is 5.91 Å². The minimum Gasteiger partial charge on any atom is -0.372 e. The van der Waals surface area contributed by atoms with Gasteiger partial charge in [0.1, 0.15) is 0 Å². The van der Waals surface area contributed by atoms with Crippen molar-refractivity contribution >= 4 is 26.2 Å². The predicted molar refractivity (Wildman–Crippen MR) is 146 cm³/mol. The fourth-order valence-corrected chi connectivity index (χ4v) is 5.06. The Morgan fingerprint density at radius 3 is 2.29 bits per heavy atom. The third kappa shape index (κ3) is 10.4. The van der Waals surface area contributed by atoms with Crippen molar-refractivity contribution in [2.45, 2.75) is 71.8 Å². The molecule has 0 radical (unpaired) electrons. The summed E-state index contributed by atoms with van der Waals surface area (Å²) in [5.41, 5.74) is 5.58. The number of nitrogens with one attached hydrogen (secondary N) is 2. The molecule has 1 fully saturated rings. The number of hydrogen-bond donors (Lipinski definition) is 3. The van der Waals surface area contributed by atoms with Gasteiger partial charge in [-0.25, -0.2) is 5.48 Å². The molecule has 0 aromatic heterocycles. The summed E-state index contributed by atoms with van der Waals surface area (Å²) in [5.74, 6) is -0.299. The predicted octanol–water partition coefficient (Wildman–Crippen LogP) is 6.26. The van der Waals surface area contributed by atoms with E-state index in [-0.39, 0.29) is 5.91 Å². The number of nitrogens with zero attached hydrogens (tertiary/aromatic N) is 2. The number of amides is 1. The van der Waals surface area contributed by atoms with Crippen molar-refractivity contribution in [3.8, 4) is 0 Å².